The van der Waals surface area contributed by atoms with E-state index in [1.54, 1.807) is 32.4 Å². The number of likely N-dealkylation sites (tertiary alicyclic amines) is 1. The van der Waals surface area contributed by atoms with E-state index >= 15 is 0 Å². The molecule has 2 atom stereocenters. The Morgan fingerprint density at radius 1 is 1.10 bits per heavy atom. The molecule has 0 spiro atoms. The number of nitrogens with one attached hydrogen (secondary N) is 2. The smallest absolute Gasteiger partial charge is 0.279 e. The normalized spacial score (nSPS) is 20.2. The maximum atomic E-state index is 12.7. The van der Waals surface area contributed by atoms with Crippen LogP contribution in [0.2, 0.25) is 0 Å². The van der Waals surface area contributed by atoms with Crippen molar-refractivity contribution in [2.75, 3.05) is 45.8 Å². The number of carbonyl (C=O) groups is 1. The summed E-state index contributed by atoms with van der Waals surface area (Å²) in [7, 11) is 3.18. The molecule has 2 aliphatic rings. The zero-order chi connectivity index (χ0) is 20.2. The fourth-order valence-electron chi connectivity index (χ4n) is 4.10. The van der Waals surface area contributed by atoms with Crippen LogP contribution in [0.3, 0.4) is 0 Å². The first-order chi connectivity index (χ1) is 14.2. The fraction of sp³-hybridized carbons (Fsp3) is 0.409. The molecule has 0 saturated carbocycles. The number of methoxy groups -OCH3 is 2. The van der Waals surface area contributed by atoms with Gasteiger partial charge in [0.05, 0.1) is 26.5 Å². The number of carbonyl (C=O) groups excluding carboxylic acids is 1. The molecule has 2 aliphatic heterocycles. The molecule has 2 aromatic rings. The summed E-state index contributed by atoms with van der Waals surface area (Å²) >= 11 is 0. The van der Waals surface area contributed by atoms with Gasteiger partial charge in [-0.1, -0.05) is 0 Å². The minimum Gasteiger partial charge on any atom is -0.497 e. The van der Waals surface area contributed by atoms with Gasteiger partial charge in [0.2, 0.25) is 0 Å². The maximum Gasteiger partial charge on any atom is 0.279 e. The van der Waals surface area contributed by atoms with Crippen molar-refractivity contribution in [2.45, 2.75) is 18.9 Å². The van der Waals surface area contributed by atoms with Gasteiger partial charge in [0.1, 0.15) is 30.8 Å². The predicted octanol–water partition coefficient (Wildman–Crippen LogP) is 1.83. The first-order valence-corrected chi connectivity index (χ1v) is 9.94. The predicted molar refractivity (Wildman–Crippen MR) is 108 cm³/mol. The minimum absolute atomic E-state index is 0.0343. The Kier molecular flexibility index (Phi) is 5.76. The second kappa shape index (κ2) is 8.61. The van der Waals surface area contributed by atoms with Gasteiger partial charge < -0.3 is 29.2 Å². The van der Waals surface area contributed by atoms with Crippen molar-refractivity contribution in [3.05, 3.63) is 42.0 Å². The van der Waals surface area contributed by atoms with Crippen LogP contribution in [-0.4, -0.2) is 46.4 Å². The highest BCUT2D eigenvalue weighted by molar-refractivity contribution is 5.93. The van der Waals surface area contributed by atoms with E-state index < -0.39 is 0 Å². The van der Waals surface area contributed by atoms with Crippen LogP contribution in [0.1, 0.15) is 24.4 Å². The largest absolute Gasteiger partial charge is 0.497 e. The number of hydrogen-bond donors (Lipinski definition) is 2. The Labute approximate surface area is 170 Å². The van der Waals surface area contributed by atoms with Gasteiger partial charge in [-0.3, -0.25) is 4.79 Å². The molecule has 1 saturated heterocycles. The van der Waals surface area contributed by atoms with Gasteiger partial charge in [-0.15, -0.1) is 0 Å². The standard InChI is InChI=1S/C22H26N2O5/c1-26-16-6-7-17(20(13-16)27-2)23-22(25)14-24-9-3-4-18(24)15-5-8-19-21(12-15)29-11-10-28-19/h5-8,12-13,18H,3-4,9-11,14H2,1-2H3,(H,23,25)/p+1/t18-/m1/s1. The van der Waals surface area contributed by atoms with E-state index in [4.69, 9.17) is 18.9 Å². The average Bonchev–Trinajstić information content (AvgIpc) is 3.21. The SMILES string of the molecule is COc1ccc(NC(=O)C[NH+]2CCC[C@@H]2c2ccc3c(c2)OCCO3)c(OC)c1. The van der Waals surface area contributed by atoms with Crippen LogP contribution in [0, 0.1) is 0 Å². The van der Waals surface area contributed by atoms with E-state index in [-0.39, 0.29) is 11.9 Å². The Morgan fingerprint density at radius 2 is 1.93 bits per heavy atom. The van der Waals surface area contributed by atoms with Crippen LogP contribution < -0.4 is 29.2 Å². The Bertz CT molecular complexity index is 886. The molecule has 2 aromatic carbocycles. The van der Waals surface area contributed by atoms with Gasteiger partial charge in [-0.05, 0) is 30.3 Å². The Morgan fingerprint density at radius 3 is 2.72 bits per heavy atom. The van der Waals surface area contributed by atoms with Crippen molar-refractivity contribution in [3.63, 3.8) is 0 Å². The molecule has 1 unspecified atom stereocenters. The number of anilines is 1. The minimum atomic E-state index is -0.0343. The van der Waals surface area contributed by atoms with Crippen LogP contribution >= 0.6 is 0 Å². The molecule has 0 bridgehead atoms. The molecule has 29 heavy (non-hydrogen) atoms. The Balaban J connectivity index is 1.44. The van der Waals surface area contributed by atoms with Gasteiger partial charge in [-0.25, -0.2) is 0 Å². The number of hydrogen-bond acceptors (Lipinski definition) is 5. The highest BCUT2D eigenvalue weighted by Crippen LogP contribution is 2.33. The van der Waals surface area contributed by atoms with Crippen LogP contribution in [0.4, 0.5) is 5.69 Å². The van der Waals surface area contributed by atoms with Crippen LogP contribution in [0.15, 0.2) is 36.4 Å². The zero-order valence-electron chi connectivity index (χ0n) is 16.8. The van der Waals surface area contributed by atoms with Gasteiger partial charge in [-0.2, -0.15) is 0 Å². The van der Waals surface area contributed by atoms with Crippen molar-refractivity contribution in [3.8, 4) is 23.0 Å². The molecule has 4 rings (SSSR count). The van der Waals surface area contributed by atoms with Crippen LogP contribution in [0.25, 0.3) is 0 Å². The summed E-state index contributed by atoms with van der Waals surface area (Å²) in [5.41, 5.74) is 1.84. The van der Waals surface area contributed by atoms with E-state index in [0.717, 1.165) is 30.9 Å². The summed E-state index contributed by atoms with van der Waals surface area (Å²) in [5, 5.41) is 2.98. The number of ether oxygens (including phenoxy) is 4. The van der Waals surface area contributed by atoms with Crippen molar-refractivity contribution in [1.82, 2.24) is 0 Å². The topological polar surface area (TPSA) is 70.5 Å². The molecule has 0 aromatic heterocycles. The number of benzene rings is 2. The lowest BCUT2D eigenvalue weighted by molar-refractivity contribution is -0.910. The number of quaternary nitrogens is 1. The van der Waals surface area contributed by atoms with E-state index in [0.29, 0.717) is 36.9 Å². The third-order valence-corrected chi connectivity index (χ3v) is 5.52. The molecule has 2 N–H and O–H groups in total. The molecular formula is C22H27N2O5+. The highest BCUT2D eigenvalue weighted by atomic mass is 16.6. The van der Waals surface area contributed by atoms with Gasteiger partial charge in [0.15, 0.2) is 18.0 Å². The van der Waals surface area contributed by atoms with Crippen LogP contribution in [-0.2, 0) is 4.79 Å². The lowest BCUT2D eigenvalue weighted by Gasteiger charge is -2.24. The fourth-order valence-corrected chi connectivity index (χ4v) is 4.10. The summed E-state index contributed by atoms with van der Waals surface area (Å²) in [6, 6.07) is 11.8. The van der Waals surface area contributed by atoms with Crippen molar-refractivity contribution < 1.29 is 28.6 Å². The average molecular weight is 399 g/mol. The third-order valence-electron chi connectivity index (χ3n) is 5.52. The second-order valence-corrected chi connectivity index (χ2v) is 7.30. The van der Waals surface area contributed by atoms with E-state index in [1.807, 2.05) is 6.07 Å². The molecule has 2 heterocycles. The second-order valence-electron chi connectivity index (χ2n) is 7.30. The summed E-state index contributed by atoms with van der Waals surface area (Å²) in [5.74, 6) is 2.82. The molecular weight excluding hydrogens is 372 g/mol. The maximum absolute atomic E-state index is 12.7. The summed E-state index contributed by atoms with van der Waals surface area (Å²) in [6.07, 6.45) is 2.14. The monoisotopic (exact) mass is 399 g/mol. The van der Waals surface area contributed by atoms with Gasteiger partial charge in [0.25, 0.3) is 5.91 Å². The van der Waals surface area contributed by atoms with Crippen molar-refractivity contribution in [2.24, 2.45) is 0 Å². The van der Waals surface area contributed by atoms with E-state index in [9.17, 15) is 4.79 Å². The first kappa shape index (κ1) is 19.4. The molecule has 0 aliphatic carbocycles. The van der Waals surface area contributed by atoms with E-state index in [1.165, 1.54) is 10.5 Å². The number of fused-ring (bicyclic) bond motifs is 1. The number of rotatable bonds is 6. The van der Waals surface area contributed by atoms with Gasteiger partial charge >= 0.3 is 0 Å². The third kappa shape index (κ3) is 4.24. The molecule has 154 valence electrons. The van der Waals surface area contributed by atoms with Crippen molar-refractivity contribution >= 4 is 11.6 Å². The van der Waals surface area contributed by atoms with Gasteiger partial charge in [0, 0.05) is 24.5 Å². The van der Waals surface area contributed by atoms with E-state index in [2.05, 4.69) is 17.4 Å². The quantitative estimate of drug-likeness (QED) is 0.776. The van der Waals surface area contributed by atoms with Crippen molar-refractivity contribution in [1.29, 1.82) is 0 Å². The summed E-state index contributed by atoms with van der Waals surface area (Å²) in [4.78, 5) is 14.0. The molecule has 7 heteroatoms. The molecule has 0 radical (unpaired) electrons. The lowest BCUT2D eigenvalue weighted by atomic mass is 10.0. The lowest BCUT2D eigenvalue weighted by Crippen LogP contribution is -3.11. The summed E-state index contributed by atoms with van der Waals surface area (Å²) < 4.78 is 21.9. The Hall–Kier alpha value is -2.93. The zero-order valence-corrected chi connectivity index (χ0v) is 16.8. The summed E-state index contributed by atoms with van der Waals surface area (Å²) in [6.45, 7) is 2.52. The molecule has 7 nitrogen and oxygen atoms in total. The molecule has 1 fully saturated rings. The first-order valence-electron chi connectivity index (χ1n) is 9.94. The van der Waals surface area contributed by atoms with Crippen LogP contribution in [0.5, 0.6) is 23.0 Å². The molecule has 1 amide bonds. The number of amides is 1. The highest BCUT2D eigenvalue weighted by Gasteiger charge is 2.32.